The second kappa shape index (κ2) is 5.80. The van der Waals surface area contributed by atoms with Crippen LogP contribution in [-0.2, 0) is 0 Å². The van der Waals surface area contributed by atoms with Crippen molar-refractivity contribution in [2.24, 2.45) is 0 Å². The number of anilines is 2. The third kappa shape index (κ3) is 3.46. The SMILES string of the molecule is C/C(=C\Cl)CNc1ccc(C)c(N(C)C)c1. The molecule has 0 fully saturated rings. The molecule has 1 N–H and O–H groups in total. The van der Waals surface area contributed by atoms with Gasteiger partial charge in [-0.15, -0.1) is 0 Å². The van der Waals surface area contributed by atoms with Gasteiger partial charge in [0.15, 0.2) is 0 Å². The van der Waals surface area contributed by atoms with Crippen molar-refractivity contribution in [2.45, 2.75) is 13.8 Å². The van der Waals surface area contributed by atoms with Crippen LogP contribution in [-0.4, -0.2) is 20.6 Å². The zero-order valence-electron chi connectivity index (χ0n) is 10.3. The fourth-order valence-corrected chi connectivity index (χ4v) is 1.56. The van der Waals surface area contributed by atoms with Crippen LogP contribution in [0.15, 0.2) is 29.3 Å². The zero-order valence-corrected chi connectivity index (χ0v) is 11.1. The fourth-order valence-electron chi connectivity index (χ4n) is 1.48. The smallest absolute Gasteiger partial charge is 0.0411 e. The maximum Gasteiger partial charge on any atom is 0.0411 e. The summed E-state index contributed by atoms with van der Waals surface area (Å²) in [6.45, 7) is 4.89. The molecule has 0 aliphatic rings. The van der Waals surface area contributed by atoms with Gasteiger partial charge in [0.25, 0.3) is 0 Å². The summed E-state index contributed by atoms with van der Waals surface area (Å²) in [5.41, 5.74) is 6.35. The first kappa shape index (κ1) is 12.9. The molecule has 0 spiro atoms. The Bertz CT molecular complexity index is 384. The van der Waals surface area contributed by atoms with E-state index in [2.05, 4.69) is 49.4 Å². The number of nitrogens with one attached hydrogen (secondary N) is 1. The zero-order chi connectivity index (χ0) is 12.1. The van der Waals surface area contributed by atoms with Crippen LogP contribution in [0, 0.1) is 6.92 Å². The molecule has 0 heterocycles. The first-order valence-electron chi connectivity index (χ1n) is 5.32. The predicted molar refractivity (Wildman–Crippen MR) is 73.6 cm³/mol. The number of nitrogens with zero attached hydrogens (tertiary/aromatic N) is 1. The van der Waals surface area contributed by atoms with Gasteiger partial charge in [-0.2, -0.15) is 0 Å². The van der Waals surface area contributed by atoms with E-state index in [-0.39, 0.29) is 0 Å². The Morgan fingerprint density at radius 1 is 1.44 bits per heavy atom. The molecule has 0 saturated carbocycles. The summed E-state index contributed by atoms with van der Waals surface area (Å²) >= 11 is 5.61. The van der Waals surface area contributed by atoms with Crippen LogP contribution in [0.2, 0.25) is 0 Å². The number of benzene rings is 1. The molecule has 3 heteroatoms. The van der Waals surface area contributed by atoms with E-state index in [0.29, 0.717) is 0 Å². The van der Waals surface area contributed by atoms with Gasteiger partial charge in [-0.3, -0.25) is 0 Å². The molecule has 0 unspecified atom stereocenters. The van der Waals surface area contributed by atoms with Gasteiger partial charge in [0.1, 0.15) is 0 Å². The van der Waals surface area contributed by atoms with E-state index >= 15 is 0 Å². The lowest BCUT2D eigenvalue weighted by Crippen LogP contribution is -2.11. The van der Waals surface area contributed by atoms with Crippen molar-refractivity contribution in [1.29, 1.82) is 0 Å². The fraction of sp³-hybridized carbons (Fsp3) is 0.385. The second-order valence-corrected chi connectivity index (χ2v) is 4.42. The molecule has 0 atom stereocenters. The summed E-state index contributed by atoms with van der Waals surface area (Å²) in [6.07, 6.45) is 0. The normalized spacial score (nSPS) is 11.4. The lowest BCUT2D eigenvalue weighted by molar-refractivity contribution is 1.11. The molecule has 0 aliphatic heterocycles. The van der Waals surface area contributed by atoms with Gasteiger partial charge in [0, 0.05) is 37.6 Å². The quantitative estimate of drug-likeness (QED) is 0.862. The van der Waals surface area contributed by atoms with Crippen molar-refractivity contribution >= 4 is 23.0 Å². The molecule has 88 valence electrons. The van der Waals surface area contributed by atoms with Crippen LogP contribution in [0.25, 0.3) is 0 Å². The van der Waals surface area contributed by atoms with E-state index < -0.39 is 0 Å². The number of hydrogen-bond donors (Lipinski definition) is 1. The van der Waals surface area contributed by atoms with Crippen LogP contribution in [0.3, 0.4) is 0 Å². The van der Waals surface area contributed by atoms with Gasteiger partial charge < -0.3 is 10.2 Å². The van der Waals surface area contributed by atoms with Crippen LogP contribution in [0.1, 0.15) is 12.5 Å². The Labute approximate surface area is 103 Å². The third-order valence-corrected chi connectivity index (χ3v) is 2.82. The number of rotatable bonds is 4. The molecule has 0 aliphatic carbocycles. The van der Waals surface area contributed by atoms with E-state index in [0.717, 1.165) is 17.8 Å². The van der Waals surface area contributed by atoms with Crippen molar-refractivity contribution in [3.8, 4) is 0 Å². The number of hydrogen-bond acceptors (Lipinski definition) is 2. The van der Waals surface area contributed by atoms with Crippen LogP contribution in [0.4, 0.5) is 11.4 Å². The topological polar surface area (TPSA) is 15.3 Å². The summed E-state index contributed by atoms with van der Waals surface area (Å²) < 4.78 is 0. The Morgan fingerprint density at radius 2 is 2.12 bits per heavy atom. The lowest BCUT2D eigenvalue weighted by atomic mass is 10.1. The largest absolute Gasteiger partial charge is 0.381 e. The average Bonchev–Trinajstić information content (AvgIpc) is 2.27. The van der Waals surface area contributed by atoms with Gasteiger partial charge in [-0.05, 0) is 37.1 Å². The summed E-state index contributed by atoms with van der Waals surface area (Å²) in [5, 5.41) is 3.34. The molecule has 1 aromatic rings. The molecule has 0 aromatic heterocycles. The van der Waals surface area contributed by atoms with Crippen molar-refractivity contribution in [2.75, 3.05) is 30.9 Å². The van der Waals surface area contributed by atoms with Crippen LogP contribution in [0.5, 0.6) is 0 Å². The second-order valence-electron chi connectivity index (χ2n) is 4.20. The Kier molecular flexibility index (Phi) is 4.69. The maximum absolute atomic E-state index is 5.61. The monoisotopic (exact) mass is 238 g/mol. The average molecular weight is 239 g/mol. The molecule has 1 aromatic carbocycles. The van der Waals surface area contributed by atoms with Gasteiger partial charge in [0.2, 0.25) is 0 Å². The molecule has 0 saturated heterocycles. The Morgan fingerprint density at radius 3 is 2.69 bits per heavy atom. The highest BCUT2D eigenvalue weighted by Crippen LogP contribution is 2.22. The van der Waals surface area contributed by atoms with E-state index in [9.17, 15) is 0 Å². The highest BCUT2D eigenvalue weighted by Gasteiger charge is 2.01. The van der Waals surface area contributed by atoms with E-state index in [1.54, 1.807) is 5.54 Å². The Balaban J connectivity index is 2.79. The number of aryl methyl sites for hydroxylation is 1. The maximum atomic E-state index is 5.61. The van der Waals surface area contributed by atoms with E-state index in [1.807, 2.05) is 6.92 Å². The molecule has 16 heavy (non-hydrogen) atoms. The van der Waals surface area contributed by atoms with Gasteiger partial charge in [-0.1, -0.05) is 17.7 Å². The molecule has 0 amide bonds. The highest BCUT2D eigenvalue weighted by molar-refractivity contribution is 6.25. The summed E-state index contributed by atoms with van der Waals surface area (Å²) in [7, 11) is 4.10. The van der Waals surface area contributed by atoms with E-state index in [4.69, 9.17) is 11.6 Å². The van der Waals surface area contributed by atoms with E-state index in [1.165, 1.54) is 11.3 Å². The minimum atomic E-state index is 0.777. The van der Waals surface area contributed by atoms with Gasteiger partial charge >= 0.3 is 0 Å². The van der Waals surface area contributed by atoms with Crippen LogP contribution < -0.4 is 10.2 Å². The van der Waals surface area contributed by atoms with Gasteiger partial charge in [0.05, 0.1) is 0 Å². The third-order valence-electron chi connectivity index (χ3n) is 2.45. The molecular formula is C13H19ClN2. The van der Waals surface area contributed by atoms with Crippen LogP contribution >= 0.6 is 11.6 Å². The highest BCUT2D eigenvalue weighted by atomic mass is 35.5. The molecule has 2 nitrogen and oxygen atoms in total. The molecule has 0 radical (unpaired) electrons. The Hall–Kier alpha value is -1.15. The number of halogens is 1. The van der Waals surface area contributed by atoms with Crippen molar-refractivity contribution in [1.82, 2.24) is 0 Å². The van der Waals surface area contributed by atoms with Crippen molar-refractivity contribution in [3.63, 3.8) is 0 Å². The summed E-state index contributed by atoms with van der Waals surface area (Å²) in [6, 6.07) is 6.36. The van der Waals surface area contributed by atoms with Crippen molar-refractivity contribution in [3.05, 3.63) is 34.9 Å². The molecule has 0 bridgehead atoms. The van der Waals surface area contributed by atoms with Gasteiger partial charge in [-0.25, -0.2) is 0 Å². The minimum Gasteiger partial charge on any atom is -0.381 e. The standard InChI is InChI=1S/C13H19ClN2/c1-10(8-14)9-15-12-6-5-11(2)13(7-12)16(3)4/h5-8,15H,9H2,1-4H3/b10-8+. The summed E-state index contributed by atoms with van der Waals surface area (Å²) in [4.78, 5) is 2.12. The first-order valence-corrected chi connectivity index (χ1v) is 5.76. The van der Waals surface area contributed by atoms with Crippen molar-refractivity contribution < 1.29 is 0 Å². The lowest BCUT2D eigenvalue weighted by Gasteiger charge is -2.17. The minimum absolute atomic E-state index is 0.777. The molecule has 1 rings (SSSR count). The first-order chi connectivity index (χ1) is 7.54. The molecular weight excluding hydrogens is 220 g/mol. The summed E-state index contributed by atoms with van der Waals surface area (Å²) in [5.74, 6) is 0. The predicted octanol–water partition coefficient (Wildman–Crippen LogP) is 3.62.